The maximum atomic E-state index is 13.9. The molecular weight excluding hydrogens is 866 g/mol. The van der Waals surface area contributed by atoms with Crippen molar-refractivity contribution < 1.29 is 68.9 Å². The van der Waals surface area contributed by atoms with E-state index in [1.54, 1.807) is 6.07 Å². The Morgan fingerprint density at radius 3 is 1.75 bits per heavy atom. The molecule has 0 saturated heterocycles. The molecule has 3 rings (SSSR count). The number of unbranched alkanes of at least 4 members (excludes halogenated alkanes) is 1. The minimum atomic E-state index is -1.05. The van der Waals surface area contributed by atoms with Gasteiger partial charge in [0.05, 0.1) is 19.7 Å². The summed E-state index contributed by atoms with van der Waals surface area (Å²) in [5.41, 5.74) is 17.4. The number of amides is 3. The molecule has 0 saturated carbocycles. The summed E-state index contributed by atoms with van der Waals surface area (Å²) >= 11 is 0. The Kier molecular flexibility index (Phi) is 34.5. The molecule has 3 aromatic rings. The number of rotatable bonds is 26. The average Bonchev–Trinajstić information content (AvgIpc) is 3.20. The van der Waals surface area contributed by atoms with Crippen LogP contribution in [0, 0.1) is 11.8 Å². The molecule has 0 heterocycles. The minimum Gasteiger partial charge on any atom is -1.00 e. The highest BCUT2D eigenvalue weighted by Crippen LogP contribution is 2.36. The van der Waals surface area contributed by atoms with E-state index >= 15 is 0 Å². The molecule has 3 amide bonds. The Balaban J connectivity index is -0.00000720. The highest BCUT2D eigenvalue weighted by Gasteiger charge is 2.31. The summed E-state index contributed by atoms with van der Waals surface area (Å²) in [5, 5.41) is 8.49. The van der Waals surface area contributed by atoms with Crippen molar-refractivity contribution in [3.8, 4) is 22.6 Å². The van der Waals surface area contributed by atoms with Gasteiger partial charge >= 0.3 is 11.9 Å². The predicted molar refractivity (Wildman–Crippen MR) is 248 cm³/mol. The average molecular weight is 941 g/mol. The lowest BCUT2D eigenvalue weighted by molar-refractivity contribution is -0.459. The van der Waals surface area contributed by atoms with Crippen LogP contribution in [0.25, 0.3) is 11.1 Å². The Morgan fingerprint density at radius 1 is 0.667 bits per heavy atom. The van der Waals surface area contributed by atoms with Crippen molar-refractivity contribution in [2.45, 2.75) is 112 Å². The number of guanidine groups is 1. The summed E-state index contributed by atoms with van der Waals surface area (Å²) in [6.07, 6.45) is 3.47. The van der Waals surface area contributed by atoms with Crippen LogP contribution in [0.2, 0.25) is 0 Å². The molecule has 3 aromatic carbocycles. The van der Waals surface area contributed by atoms with Crippen LogP contribution in [0.4, 0.5) is 0 Å². The first kappa shape index (κ1) is 62.6. The molecule has 11 N–H and O–H groups in total. The maximum Gasteiger partial charge on any atom is 0.338 e. The van der Waals surface area contributed by atoms with Crippen LogP contribution in [0.15, 0.2) is 78.9 Å². The zero-order valence-corrected chi connectivity index (χ0v) is 38.4. The molecule has 0 aliphatic rings. The van der Waals surface area contributed by atoms with Gasteiger partial charge in [-0.15, -0.1) is 0 Å². The molecule has 0 fully saturated rings. The monoisotopic (exact) mass is 939 g/mol. The molecule has 0 unspecified atom stereocenters. The molecule has 63 heavy (non-hydrogen) atoms. The van der Waals surface area contributed by atoms with Crippen molar-refractivity contribution in [1.29, 1.82) is 0 Å². The van der Waals surface area contributed by atoms with Crippen molar-refractivity contribution in [3.63, 3.8) is 0 Å². The second-order valence-electron chi connectivity index (χ2n) is 15.2. The lowest BCUT2D eigenvalue weighted by Gasteiger charge is -2.26. The van der Waals surface area contributed by atoms with Crippen molar-refractivity contribution in [1.82, 2.24) is 16.0 Å². The van der Waals surface area contributed by atoms with Crippen molar-refractivity contribution in [2.75, 3.05) is 26.3 Å². The largest absolute Gasteiger partial charge is 1.00 e. The first-order valence-corrected chi connectivity index (χ1v) is 20.3. The van der Waals surface area contributed by atoms with Gasteiger partial charge < -0.3 is 60.7 Å². The Morgan fingerprint density at radius 2 is 1.19 bits per heavy atom. The maximum absolute atomic E-state index is 13.9. The fourth-order valence-electron chi connectivity index (χ4n) is 6.08. The van der Waals surface area contributed by atoms with E-state index in [1.807, 2.05) is 86.6 Å². The Bertz CT molecular complexity index is 1770. The van der Waals surface area contributed by atoms with E-state index in [9.17, 15) is 19.2 Å². The zero-order valence-electron chi connectivity index (χ0n) is 35.9. The normalized spacial score (nSPS) is 11.5. The summed E-state index contributed by atoms with van der Waals surface area (Å²) in [7, 11) is 0. The second-order valence-corrected chi connectivity index (χ2v) is 15.2. The highest BCUT2D eigenvalue weighted by atomic mass is 35.5. The van der Waals surface area contributed by atoms with Gasteiger partial charge in [0.1, 0.15) is 36.2 Å². The third-order valence-corrected chi connectivity index (χ3v) is 9.18. The number of para-hydroxylation sites is 2. The van der Waals surface area contributed by atoms with Gasteiger partial charge in [-0.1, -0.05) is 109 Å². The molecule has 0 aliphatic carbocycles. The standard InChI is InChI=1S/C44H63N7O7.2CH4.2ClH.H2S/c1-30(2)23-26-56-38-21-10-8-17-33(38)34-18-9-11-22-39(34)57-29-40(52)49-35(19-12-13-24-45)41(53)50-36(20-14-25-48-44(46)47)42(54)51-37(27-31(3)4)43(55)58-28-32-15-6-5-7-16-32;;;;;/h5-11,15-18,21-22,30-31,35-37H,12-14,19-20,23-29,45H2,1-4H3,(H,49,52)(H,50,53)(H,51,54)(H4,46,47,48);2*1H4;2*1H;1H2/t35-,36-,37+;;;;;/m1...../s1. The number of hydrogen-bond donors (Lipinski definition) is 7. The van der Waals surface area contributed by atoms with Crippen LogP contribution in [0.3, 0.4) is 0 Å². The number of carbonyl (C=O) groups excluding carboxylic acids is 4. The van der Waals surface area contributed by atoms with Gasteiger partial charge in [-0.3, -0.25) is 30.8 Å². The Hall–Kier alpha value is -4.70. The smallest absolute Gasteiger partial charge is 0.338 e. The number of hydrogen-bond acceptors (Lipinski definition) is 7. The van der Waals surface area contributed by atoms with Gasteiger partial charge in [-0.05, 0) is 74.5 Å². The first-order chi connectivity index (χ1) is 27.9. The Labute approximate surface area is 395 Å². The molecule has 0 radical (unpaired) electrons. The summed E-state index contributed by atoms with van der Waals surface area (Å²) in [5.74, 6) is -0.427. The number of ether oxygens (including phenoxy) is 3. The molecule has 0 aliphatic heterocycles. The van der Waals surface area contributed by atoms with E-state index < -0.39 is 41.8 Å². The molecule has 14 nitrogen and oxygen atoms in total. The molecular formula is C46H75Cl2N7O7S. The predicted octanol–water partition coefficient (Wildman–Crippen LogP) is -2.66. The number of esters is 1. The second kappa shape index (κ2) is 34.7. The van der Waals surface area contributed by atoms with Crippen molar-refractivity contribution in [3.05, 3.63) is 84.4 Å². The molecule has 0 bridgehead atoms. The van der Waals surface area contributed by atoms with Gasteiger partial charge in [0.15, 0.2) is 6.61 Å². The van der Waals surface area contributed by atoms with Crippen LogP contribution in [0.5, 0.6) is 11.5 Å². The van der Waals surface area contributed by atoms with E-state index in [0.717, 1.165) is 29.5 Å². The fourth-order valence-corrected chi connectivity index (χ4v) is 6.08. The number of nitrogens with one attached hydrogen (secondary N) is 4. The summed E-state index contributed by atoms with van der Waals surface area (Å²) in [6, 6.07) is 21.4. The highest BCUT2D eigenvalue weighted by molar-refractivity contribution is 7.59. The summed E-state index contributed by atoms with van der Waals surface area (Å²) in [6.45, 7) is 9.41. The van der Waals surface area contributed by atoms with Gasteiger partial charge in [0.25, 0.3) is 5.91 Å². The van der Waals surface area contributed by atoms with Gasteiger partial charge in [0.2, 0.25) is 11.8 Å². The molecule has 356 valence electrons. The number of nitrogens with two attached hydrogens (primary N) is 2. The van der Waals surface area contributed by atoms with E-state index in [0.29, 0.717) is 62.8 Å². The van der Waals surface area contributed by atoms with Crippen LogP contribution >= 0.6 is 13.5 Å². The number of quaternary nitrogens is 1. The molecule has 0 aromatic heterocycles. The van der Waals surface area contributed by atoms with E-state index in [-0.39, 0.29) is 84.7 Å². The van der Waals surface area contributed by atoms with Gasteiger partial charge in [-0.25, -0.2) is 4.79 Å². The van der Waals surface area contributed by atoms with Crippen LogP contribution in [-0.2, 0) is 30.5 Å². The number of benzene rings is 3. The third kappa shape index (κ3) is 24.1. The van der Waals surface area contributed by atoms with E-state index in [4.69, 9.17) is 25.7 Å². The third-order valence-electron chi connectivity index (χ3n) is 9.18. The van der Waals surface area contributed by atoms with Gasteiger partial charge in [0, 0.05) is 11.1 Å². The number of halogens is 2. The number of carbonyl (C=O) groups is 4. The van der Waals surface area contributed by atoms with Crippen LogP contribution in [0.1, 0.15) is 93.1 Å². The van der Waals surface area contributed by atoms with Gasteiger partial charge in [-0.2, -0.15) is 13.5 Å². The van der Waals surface area contributed by atoms with Crippen molar-refractivity contribution >= 4 is 43.1 Å². The topological polar surface area (TPSA) is 226 Å². The lowest BCUT2D eigenvalue weighted by atomic mass is 10.0. The molecule has 17 heteroatoms. The first-order valence-electron chi connectivity index (χ1n) is 20.3. The van der Waals surface area contributed by atoms with Crippen molar-refractivity contribution in [2.24, 2.45) is 23.3 Å². The van der Waals surface area contributed by atoms with E-state index in [1.165, 1.54) is 0 Å². The molecule has 3 atom stereocenters. The van der Waals surface area contributed by atoms with Crippen LogP contribution < -0.4 is 72.4 Å². The summed E-state index contributed by atoms with van der Waals surface area (Å²) < 4.78 is 17.8. The SMILES string of the molecule is C.C.CC(C)CCOc1ccccc1-c1ccccc1OCC(=O)N[C@H](CCCC[NH3+])C(=O)N[C@H](CCC[NH+]=C(N)N)C(=O)N[C@@H](CC(C)C)C(=O)OCc1ccccc1.S.[Cl-].[Cl-]. The lowest BCUT2D eigenvalue weighted by Crippen LogP contribution is -3.00. The summed E-state index contributed by atoms with van der Waals surface area (Å²) in [4.78, 5) is 57.3. The minimum absolute atomic E-state index is 0. The quantitative estimate of drug-likeness (QED) is 0.0193. The fraction of sp³-hybridized carbons (Fsp3) is 0.500. The van der Waals surface area contributed by atoms with Crippen LogP contribution in [-0.4, -0.2) is 74.1 Å². The van der Waals surface area contributed by atoms with E-state index in [2.05, 4.69) is 40.5 Å². The zero-order chi connectivity index (χ0) is 42.3. The molecule has 0 spiro atoms.